The lowest BCUT2D eigenvalue weighted by Gasteiger charge is -2.09. The molecule has 0 radical (unpaired) electrons. The molecular formula is C11H18N2O2S. The first-order chi connectivity index (χ1) is 7.47. The number of rotatable bonds is 5. The van der Waals surface area contributed by atoms with Crippen LogP contribution >= 0.6 is 0 Å². The average Bonchev–Trinajstić information content (AvgIpc) is 2.22. The normalized spacial score (nSPS) is 11.6. The van der Waals surface area contributed by atoms with Crippen molar-refractivity contribution in [2.75, 3.05) is 12.3 Å². The number of nitrogen functional groups attached to an aromatic ring is 1. The van der Waals surface area contributed by atoms with Gasteiger partial charge in [-0.1, -0.05) is 19.4 Å². The number of hydrogen-bond donors (Lipinski definition) is 2. The lowest BCUT2D eigenvalue weighted by Crippen LogP contribution is -2.25. The summed E-state index contributed by atoms with van der Waals surface area (Å²) in [5.74, 6) is 0. The van der Waals surface area contributed by atoms with Crippen molar-refractivity contribution in [2.45, 2.75) is 31.6 Å². The molecule has 0 unspecified atom stereocenters. The maximum atomic E-state index is 11.9. The van der Waals surface area contributed by atoms with E-state index in [1.807, 2.05) is 6.92 Å². The second-order valence-electron chi connectivity index (χ2n) is 3.78. The number of unbranched alkanes of at least 4 members (excludes halogenated alkanes) is 1. The van der Waals surface area contributed by atoms with E-state index in [4.69, 9.17) is 5.73 Å². The molecule has 3 N–H and O–H groups in total. The van der Waals surface area contributed by atoms with Crippen molar-refractivity contribution >= 4 is 15.7 Å². The van der Waals surface area contributed by atoms with Crippen molar-refractivity contribution in [3.63, 3.8) is 0 Å². The first-order valence-electron chi connectivity index (χ1n) is 5.33. The zero-order valence-electron chi connectivity index (χ0n) is 9.66. The van der Waals surface area contributed by atoms with Crippen molar-refractivity contribution in [1.82, 2.24) is 4.72 Å². The molecule has 0 spiro atoms. The fraction of sp³-hybridized carbons (Fsp3) is 0.455. The summed E-state index contributed by atoms with van der Waals surface area (Å²) in [6, 6.07) is 4.90. The third kappa shape index (κ3) is 3.21. The molecule has 0 aromatic heterocycles. The molecule has 1 rings (SSSR count). The van der Waals surface area contributed by atoms with Crippen LogP contribution < -0.4 is 10.5 Å². The van der Waals surface area contributed by atoms with Crippen molar-refractivity contribution in [2.24, 2.45) is 0 Å². The van der Waals surface area contributed by atoms with Crippen molar-refractivity contribution < 1.29 is 8.42 Å². The van der Waals surface area contributed by atoms with E-state index in [1.165, 1.54) is 6.07 Å². The zero-order chi connectivity index (χ0) is 12.2. The van der Waals surface area contributed by atoms with Crippen LogP contribution in [-0.4, -0.2) is 15.0 Å². The van der Waals surface area contributed by atoms with Crippen LogP contribution in [0, 0.1) is 6.92 Å². The Bertz CT molecular complexity index is 455. The number of nitrogens with one attached hydrogen (secondary N) is 1. The Hall–Kier alpha value is -1.07. The molecule has 0 saturated carbocycles. The molecule has 0 saturated heterocycles. The number of hydrogen-bond acceptors (Lipinski definition) is 3. The van der Waals surface area contributed by atoms with Gasteiger partial charge in [-0.3, -0.25) is 0 Å². The van der Waals surface area contributed by atoms with Crippen molar-refractivity contribution in [3.05, 3.63) is 23.8 Å². The fourth-order valence-electron chi connectivity index (χ4n) is 1.37. The number of sulfonamides is 1. The molecular weight excluding hydrogens is 224 g/mol. The second-order valence-corrected chi connectivity index (χ2v) is 5.51. The van der Waals surface area contributed by atoms with E-state index in [0.717, 1.165) is 12.8 Å². The largest absolute Gasteiger partial charge is 0.399 e. The number of anilines is 1. The monoisotopic (exact) mass is 242 g/mol. The summed E-state index contributed by atoms with van der Waals surface area (Å²) in [4.78, 5) is 0.267. The van der Waals surface area contributed by atoms with Gasteiger partial charge in [-0.2, -0.15) is 0 Å². The molecule has 4 nitrogen and oxygen atoms in total. The van der Waals surface area contributed by atoms with Crippen molar-refractivity contribution in [3.8, 4) is 0 Å². The van der Waals surface area contributed by atoms with Crippen LogP contribution in [0.1, 0.15) is 25.3 Å². The van der Waals surface area contributed by atoms with Gasteiger partial charge in [-0.05, 0) is 31.0 Å². The Kier molecular flexibility index (Phi) is 4.32. The topological polar surface area (TPSA) is 72.2 Å². The average molecular weight is 242 g/mol. The van der Waals surface area contributed by atoms with Crippen LogP contribution in [0.5, 0.6) is 0 Å². The minimum absolute atomic E-state index is 0.267. The van der Waals surface area contributed by atoms with Crippen LogP contribution in [0.4, 0.5) is 5.69 Å². The smallest absolute Gasteiger partial charge is 0.240 e. The van der Waals surface area contributed by atoms with E-state index >= 15 is 0 Å². The molecule has 0 bridgehead atoms. The molecule has 0 heterocycles. The summed E-state index contributed by atoms with van der Waals surface area (Å²) in [5, 5.41) is 0. The molecule has 1 aromatic carbocycles. The summed E-state index contributed by atoms with van der Waals surface area (Å²) in [7, 11) is -3.42. The Morgan fingerprint density at radius 2 is 2.06 bits per heavy atom. The molecule has 0 aliphatic rings. The van der Waals surface area contributed by atoms with Crippen LogP contribution in [0.3, 0.4) is 0 Å². The Morgan fingerprint density at radius 3 is 2.69 bits per heavy atom. The summed E-state index contributed by atoms with van der Waals surface area (Å²) >= 11 is 0. The molecule has 1 aromatic rings. The lowest BCUT2D eigenvalue weighted by molar-refractivity contribution is 0.578. The first kappa shape index (κ1) is 13.0. The number of nitrogens with two attached hydrogens (primary N) is 1. The molecule has 90 valence electrons. The van der Waals surface area contributed by atoms with Gasteiger partial charge in [-0.25, -0.2) is 13.1 Å². The summed E-state index contributed by atoms with van der Waals surface area (Å²) in [6.07, 6.45) is 1.79. The summed E-state index contributed by atoms with van der Waals surface area (Å²) < 4.78 is 26.4. The van der Waals surface area contributed by atoms with Crippen molar-refractivity contribution in [1.29, 1.82) is 0 Å². The highest BCUT2D eigenvalue weighted by Gasteiger charge is 2.15. The molecule has 0 aliphatic heterocycles. The minimum atomic E-state index is -3.42. The highest BCUT2D eigenvalue weighted by Crippen LogP contribution is 2.17. The van der Waals surface area contributed by atoms with Crippen LogP contribution in [0.25, 0.3) is 0 Å². The third-order valence-electron chi connectivity index (χ3n) is 2.32. The highest BCUT2D eigenvalue weighted by molar-refractivity contribution is 7.89. The highest BCUT2D eigenvalue weighted by atomic mass is 32.2. The fourth-order valence-corrected chi connectivity index (χ4v) is 2.72. The molecule has 0 fully saturated rings. The Labute approximate surface area is 96.9 Å². The predicted molar refractivity (Wildman–Crippen MR) is 65.7 cm³/mol. The first-order valence-corrected chi connectivity index (χ1v) is 6.81. The van der Waals surface area contributed by atoms with E-state index in [9.17, 15) is 8.42 Å². The maximum Gasteiger partial charge on any atom is 0.240 e. The predicted octanol–water partition coefficient (Wildman–Crippen LogP) is 1.66. The maximum absolute atomic E-state index is 11.9. The van der Waals surface area contributed by atoms with Gasteiger partial charge in [0.2, 0.25) is 10.0 Å². The van der Waals surface area contributed by atoms with Gasteiger partial charge >= 0.3 is 0 Å². The van der Waals surface area contributed by atoms with E-state index in [1.54, 1.807) is 19.1 Å². The molecule has 0 amide bonds. The molecule has 16 heavy (non-hydrogen) atoms. The standard InChI is InChI=1S/C11H18N2O2S/c1-3-4-7-13-16(14,15)11-8-10(12)6-5-9(11)2/h5-6,8,13H,3-4,7,12H2,1-2H3. The van der Waals surface area contributed by atoms with Gasteiger partial charge in [0.25, 0.3) is 0 Å². The van der Waals surface area contributed by atoms with Crippen LogP contribution in [0.2, 0.25) is 0 Å². The summed E-state index contributed by atoms with van der Waals surface area (Å²) in [6.45, 7) is 4.24. The lowest BCUT2D eigenvalue weighted by atomic mass is 10.2. The van der Waals surface area contributed by atoms with Gasteiger partial charge in [0.1, 0.15) is 0 Å². The molecule has 5 heteroatoms. The second kappa shape index (κ2) is 5.32. The number of aryl methyl sites for hydroxylation is 1. The quantitative estimate of drug-likeness (QED) is 0.609. The Balaban J connectivity index is 2.93. The van der Waals surface area contributed by atoms with E-state index in [2.05, 4.69) is 4.72 Å². The Morgan fingerprint density at radius 1 is 1.38 bits per heavy atom. The van der Waals surface area contributed by atoms with Crippen LogP contribution in [-0.2, 0) is 10.0 Å². The third-order valence-corrected chi connectivity index (χ3v) is 3.93. The van der Waals surface area contributed by atoms with E-state index in [-0.39, 0.29) is 4.90 Å². The summed E-state index contributed by atoms with van der Waals surface area (Å²) in [5.41, 5.74) is 6.75. The van der Waals surface area contributed by atoms with E-state index in [0.29, 0.717) is 17.8 Å². The zero-order valence-corrected chi connectivity index (χ0v) is 10.5. The van der Waals surface area contributed by atoms with E-state index < -0.39 is 10.0 Å². The van der Waals surface area contributed by atoms with Gasteiger partial charge in [-0.15, -0.1) is 0 Å². The minimum Gasteiger partial charge on any atom is -0.399 e. The van der Waals surface area contributed by atoms with Gasteiger partial charge in [0.15, 0.2) is 0 Å². The number of benzene rings is 1. The SMILES string of the molecule is CCCCNS(=O)(=O)c1cc(N)ccc1C. The van der Waals surface area contributed by atoms with Gasteiger partial charge in [0, 0.05) is 12.2 Å². The van der Waals surface area contributed by atoms with Gasteiger partial charge < -0.3 is 5.73 Å². The molecule has 0 atom stereocenters. The van der Waals surface area contributed by atoms with Crippen LogP contribution in [0.15, 0.2) is 23.1 Å². The molecule has 0 aliphatic carbocycles. The van der Waals surface area contributed by atoms with Gasteiger partial charge in [0.05, 0.1) is 4.90 Å².